The summed E-state index contributed by atoms with van der Waals surface area (Å²) in [6.45, 7) is 24.1. The summed E-state index contributed by atoms with van der Waals surface area (Å²) in [6, 6.07) is 0. The van der Waals surface area contributed by atoms with Gasteiger partial charge in [0.15, 0.2) is 0 Å². The minimum atomic E-state index is 0.290. The Balaban J connectivity index is 1.57. The molecule has 0 saturated carbocycles. The Kier molecular flexibility index (Phi) is 56.0. The maximum atomic E-state index is 5.52. The Morgan fingerprint density at radius 1 is 0.227 bits per heavy atom. The lowest BCUT2D eigenvalue weighted by atomic mass is 10.4. The third-order valence-electron chi connectivity index (χ3n) is 8.42. The van der Waals surface area contributed by atoms with Crippen LogP contribution in [0.1, 0.15) is 19.8 Å². The van der Waals surface area contributed by atoms with Gasteiger partial charge in [-0.1, -0.05) is 13.3 Å². The lowest BCUT2D eigenvalue weighted by Gasteiger charge is -2.09. The number of epoxide rings is 1. The Labute approximate surface area is 395 Å². The minimum absolute atomic E-state index is 0.290. The van der Waals surface area contributed by atoms with E-state index >= 15 is 0 Å². The first-order valence-corrected chi connectivity index (χ1v) is 24.1. The molecule has 0 N–H and O–H groups in total. The van der Waals surface area contributed by atoms with E-state index in [0.29, 0.717) is 264 Å². The summed E-state index contributed by atoms with van der Waals surface area (Å²) < 4.78 is 115. The largest absolute Gasteiger partial charge is 0.379 e. The third kappa shape index (κ3) is 57.5. The van der Waals surface area contributed by atoms with Crippen molar-refractivity contribution >= 4 is 0 Å². The number of hydrogen-bond donors (Lipinski definition) is 0. The summed E-state index contributed by atoms with van der Waals surface area (Å²) in [5.41, 5.74) is 0. The Morgan fingerprint density at radius 3 is 0.500 bits per heavy atom. The summed E-state index contributed by atoms with van der Waals surface area (Å²) in [6.07, 6.45) is 2.52. The molecule has 1 aliphatic heterocycles. The van der Waals surface area contributed by atoms with Gasteiger partial charge in [0.2, 0.25) is 0 Å². The molecule has 1 saturated heterocycles. The van der Waals surface area contributed by atoms with Crippen LogP contribution in [0.5, 0.6) is 0 Å². The van der Waals surface area contributed by atoms with Crippen molar-refractivity contribution in [1.29, 1.82) is 0 Å². The fourth-order valence-electron chi connectivity index (χ4n) is 4.80. The molecule has 396 valence electrons. The molecule has 0 aromatic carbocycles. The minimum Gasteiger partial charge on any atom is -0.379 e. The zero-order valence-corrected chi connectivity index (χ0v) is 40.6. The van der Waals surface area contributed by atoms with E-state index in [9.17, 15) is 0 Å². The summed E-state index contributed by atoms with van der Waals surface area (Å²) in [4.78, 5) is 0. The van der Waals surface area contributed by atoms with Gasteiger partial charge in [0.25, 0.3) is 0 Å². The van der Waals surface area contributed by atoms with Crippen LogP contribution in [0, 0.1) is 0 Å². The highest BCUT2D eigenvalue weighted by atomic mass is 16.6. The molecule has 0 aliphatic carbocycles. The van der Waals surface area contributed by atoms with Crippen LogP contribution in [0.3, 0.4) is 0 Å². The zero-order chi connectivity index (χ0) is 46.8. The van der Waals surface area contributed by atoms with Crippen molar-refractivity contribution in [2.24, 2.45) is 0 Å². The van der Waals surface area contributed by atoms with Crippen LogP contribution < -0.4 is 0 Å². The second kappa shape index (κ2) is 58.5. The van der Waals surface area contributed by atoms with Gasteiger partial charge in [-0.2, -0.15) is 0 Å². The van der Waals surface area contributed by atoms with Gasteiger partial charge >= 0.3 is 0 Å². The molecule has 1 unspecified atom stereocenters. The van der Waals surface area contributed by atoms with Crippen molar-refractivity contribution < 1.29 is 99.5 Å². The molecule has 1 aliphatic rings. The SMILES string of the molecule is CCCCOCCOCCOCCOCCOCCOCCOCCOCCOCCOCCOCCOCCOCCOCCOCCOCCOCCOCCOCCOCC1CO1. The zero-order valence-electron chi connectivity index (χ0n) is 40.6. The predicted octanol–water partition coefficient (Wildman–Crippen LogP) is 1.52. The first-order chi connectivity index (χ1) is 32.9. The fraction of sp³-hybridized carbons (Fsp3) is 1.00. The van der Waals surface area contributed by atoms with Crippen LogP contribution in [0.4, 0.5) is 0 Å². The summed E-state index contributed by atoms with van der Waals surface area (Å²) in [5, 5.41) is 0. The molecular formula is C45H90O21. The van der Waals surface area contributed by atoms with Gasteiger partial charge in [-0.15, -0.1) is 0 Å². The molecule has 66 heavy (non-hydrogen) atoms. The molecule has 0 aromatic heterocycles. The van der Waals surface area contributed by atoms with E-state index in [1.54, 1.807) is 0 Å². The molecule has 0 spiro atoms. The second-order valence-corrected chi connectivity index (χ2v) is 14.0. The molecular weight excluding hydrogens is 876 g/mol. The standard InChI is InChI=1S/C45H90O21/c1-2-3-4-46-5-6-47-7-8-48-9-10-49-11-12-50-13-14-51-15-16-52-17-18-53-19-20-54-21-22-55-23-24-56-25-26-57-27-28-58-29-30-59-31-32-60-33-34-61-35-36-62-37-38-63-39-40-64-41-42-65-43-45-44-66-45/h45H,2-44H2,1H3. The number of ether oxygens (including phenoxy) is 21. The molecule has 1 fully saturated rings. The molecule has 1 heterocycles. The van der Waals surface area contributed by atoms with Gasteiger partial charge in [-0.25, -0.2) is 0 Å². The summed E-state index contributed by atoms with van der Waals surface area (Å²) >= 11 is 0. The quantitative estimate of drug-likeness (QED) is 0.0628. The molecule has 0 aromatic rings. The van der Waals surface area contributed by atoms with Crippen molar-refractivity contribution in [2.75, 3.05) is 271 Å². The summed E-state index contributed by atoms with van der Waals surface area (Å²) in [5.74, 6) is 0. The van der Waals surface area contributed by atoms with Crippen molar-refractivity contribution in [3.05, 3.63) is 0 Å². The van der Waals surface area contributed by atoms with E-state index in [1.807, 2.05) is 0 Å². The van der Waals surface area contributed by atoms with Gasteiger partial charge < -0.3 is 99.5 Å². The van der Waals surface area contributed by atoms with Crippen molar-refractivity contribution in [3.63, 3.8) is 0 Å². The highest BCUT2D eigenvalue weighted by Crippen LogP contribution is 2.08. The number of unbranched alkanes of at least 4 members (excludes halogenated alkanes) is 1. The van der Waals surface area contributed by atoms with E-state index in [4.69, 9.17) is 99.5 Å². The number of rotatable bonds is 62. The van der Waals surface area contributed by atoms with Crippen molar-refractivity contribution in [2.45, 2.75) is 25.9 Å². The van der Waals surface area contributed by atoms with Crippen LogP contribution >= 0.6 is 0 Å². The molecule has 0 amide bonds. The molecule has 21 nitrogen and oxygen atoms in total. The predicted molar refractivity (Wildman–Crippen MR) is 241 cm³/mol. The van der Waals surface area contributed by atoms with E-state index in [2.05, 4.69) is 6.92 Å². The average Bonchev–Trinajstić information content (AvgIpc) is 4.17. The van der Waals surface area contributed by atoms with Crippen LogP contribution in [0.2, 0.25) is 0 Å². The first-order valence-electron chi connectivity index (χ1n) is 24.1. The molecule has 21 heteroatoms. The molecule has 0 radical (unpaired) electrons. The summed E-state index contributed by atoms with van der Waals surface area (Å²) in [7, 11) is 0. The van der Waals surface area contributed by atoms with E-state index < -0.39 is 0 Å². The molecule has 0 bridgehead atoms. The van der Waals surface area contributed by atoms with Crippen LogP contribution in [0.25, 0.3) is 0 Å². The lowest BCUT2D eigenvalue weighted by molar-refractivity contribution is -0.0314. The smallest absolute Gasteiger partial charge is 0.104 e. The Morgan fingerprint density at radius 2 is 0.364 bits per heavy atom. The lowest BCUT2D eigenvalue weighted by Crippen LogP contribution is -2.16. The highest BCUT2D eigenvalue weighted by molar-refractivity contribution is 4.66. The van der Waals surface area contributed by atoms with Crippen LogP contribution in [-0.2, 0) is 99.5 Å². The van der Waals surface area contributed by atoms with Gasteiger partial charge in [-0.05, 0) is 6.42 Å². The van der Waals surface area contributed by atoms with Gasteiger partial charge in [0, 0.05) is 6.61 Å². The van der Waals surface area contributed by atoms with Crippen LogP contribution in [0.15, 0.2) is 0 Å². The number of hydrogen-bond acceptors (Lipinski definition) is 21. The average molecular weight is 967 g/mol. The third-order valence-corrected chi connectivity index (χ3v) is 8.42. The highest BCUT2D eigenvalue weighted by Gasteiger charge is 2.22. The second-order valence-electron chi connectivity index (χ2n) is 14.0. The molecule has 1 atom stereocenters. The van der Waals surface area contributed by atoms with E-state index in [1.165, 1.54) is 0 Å². The van der Waals surface area contributed by atoms with E-state index in [-0.39, 0.29) is 0 Å². The monoisotopic (exact) mass is 967 g/mol. The van der Waals surface area contributed by atoms with Gasteiger partial charge in [-0.3, -0.25) is 0 Å². The van der Waals surface area contributed by atoms with Gasteiger partial charge in [0.1, 0.15) is 6.10 Å². The van der Waals surface area contributed by atoms with E-state index in [0.717, 1.165) is 26.1 Å². The maximum absolute atomic E-state index is 5.52. The van der Waals surface area contributed by atoms with Crippen molar-refractivity contribution in [1.82, 2.24) is 0 Å². The Hall–Kier alpha value is -0.840. The topological polar surface area (TPSA) is 197 Å². The van der Waals surface area contributed by atoms with Gasteiger partial charge in [0.05, 0.1) is 264 Å². The molecule has 1 rings (SSSR count). The maximum Gasteiger partial charge on any atom is 0.104 e. The Bertz CT molecular complexity index is 868. The normalized spacial score (nSPS) is 13.7. The first kappa shape index (κ1) is 63.2. The van der Waals surface area contributed by atoms with Crippen molar-refractivity contribution in [3.8, 4) is 0 Å². The van der Waals surface area contributed by atoms with Crippen LogP contribution in [-0.4, -0.2) is 277 Å². The fourth-order valence-corrected chi connectivity index (χ4v) is 4.80.